The van der Waals surface area contributed by atoms with Gasteiger partial charge >= 0.3 is 0 Å². The van der Waals surface area contributed by atoms with Crippen LogP contribution in [0.3, 0.4) is 0 Å². The fraction of sp³-hybridized carbons (Fsp3) is 0.300. The molecule has 0 bridgehead atoms. The van der Waals surface area contributed by atoms with E-state index in [0.717, 1.165) is 12.1 Å². The van der Waals surface area contributed by atoms with E-state index in [1.54, 1.807) is 34.4 Å². The summed E-state index contributed by atoms with van der Waals surface area (Å²) in [5.74, 6) is -0.228. The molecule has 0 radical (unpaired) electrons. The lowest BCUT2D eigenvalue weighted by molar-refractivity contribution is -0.117. The van der Waals surface area contributed by atoms with Crippen molar-refractivity contribution in [1.82, 2.24) is 5.32 Å². The molecular formula is C10H9F2IN2OS. The van der Waals surface area contributed by atoms with Crippen LogP contribution in [0.2, 0.25) is 0 Å². The summed E-state index contributed by atoms with van der Waals surface area (Å²) in [6.45, 7) is 0. The quantitative estimate of drug-likeness (QED) is 0.620. The smallest absolute Gasteiger partial charge is 0.242 e. The summed E-state index contributed by atoms with van der Waals surface area (Å²) in [5.41, 5.74) is 0.143. The van der Waals surface area contributed by atoms with Gasteiger partial charge in [-0.1, -0.05) is 0 Å². The Kier molecular flexibility index (Phi) is 4.21. The minimum Gasteiger partial charge on any atom is -0.324 e. The number of rotatable bonds is 2. The zero-order chi connectivity index (χ0) is 12.4. The molecule has 2 N–H and O–H groups in total. The number of nitrogens with one attached hydrogen (secondary N) is 2. The highest BCUT2D eigenvalue weighted by atomic mass is 127. The Morgan fingerprint density at radius 1 is 1.47 bits per heavy atom. The first kappa shape index (κ1) is 13.0. The van der Waals surface area contributed by atoms with Gasteiger partial charge in [0.05, 0.1) is 9.61 Å². The summed E-state index contributed by atoms with van der Waals surface area (Å²) in [5, 5.41) is 5.47. The van der Waals surface area contributed by atoms with Gasteiger partial charge in [0.1, 0.15) is 11.6 Å². The summed E-state index contributed by atoms with van der Waals surface area (Å²) >= 11 is 3.19. The number of halogens is 3. The Labute approximate surface area is 115 Å². The van der Waals surface area contributed by atoms with Crippen LogP contribution in [0.15, 0.2) is 12.1 Å². The van der Waals surface area contributed by atoms with Crippen molar-refractivity contribution in [2.45, 2.75) is 6.04 Å². The summed E-state index contributed by atoms with van der Waals surface area (Å²) in [6.07, 6.45) is 0. The van der Waals surface area contributed by atoms with E-state index in [2.05, 4.69) is 10.6 Å². The third-order valence-electron chi connectivity index (χ3n) is 2.28. The van der Waals surface area contributed by atoms with Gasteiger partial charge in [0, 0.05) is 17.3 Å². The minimum atomic E-state index is -0.672. The zero-order valence-corrected chi connectivity index (χ0v) is 11.6. The summed E-state index contributed by atoms with van der Waals surface area (Å²) < 4.78 is 26.4. The molecule has 1 aliphatic heterocycles. The molecule has 0 saturated carbocycles. The van der Waals surface area contributed by atoms with Crippen LogP contribution in [0.1, 0.15) is 0 Å². The molecular weight excluding hydrogens is 361 g/mol. The molecule has 1 unspecified atom stereocenters. The van der Waals surface area contributed by atoms with E-state index in [0.29, 0.717) is 11.6 Å². The number of carbonyl (C=O) groups excluding carboxylic acids is 1. The monoisotopic (exact) mass is 370 g/mol. The molecule has 0 aliphatic carbocycles. The Morgan fingerprint density at radius 3 is 2.65 bits per heavy atom. The molecule has 1 heterocycles. The third-order valence-corrected chi connectivity index (χ3v) is 4.25. The van der Waals surface area contributed by atoms with E-state index in [4.69, 9.17) is 0 Å². The Morgan fingerprint density at radius 2 is 2.12 bits per heavy atom. The van der Waals surface area contributed by atoms with E-state index >= 15 is 0 Å². The second-order valence-corrected chi connectivity index (χ2v) is 5.62. The minimum absolute atomic E-state index is 0.0739. The topological polar surface area (TPSA) is 41.1 Å². The molecule has 1 atom stereocenters. The van der Waals surface area contributed by atoms with Gasteiger partial charge < -0.3 is 5.32 Å². The molecule has 0 aromatic heterocycles. The predicted octanol–water partition coefficient (Wildman–Crippen LogP) is 2.17. The molecule has 1 aromatic carbocycles. The first-order valence-electron chi connectivity index (χ1n) is 4.84. The first-order valence-corrected chi connectivity index (χ1v) is 7.08. The van der Waals surface area contributed by atoms with E-state index in [1.165, 1.54) is 0 Å². The highest BCUT2D eigenvalue weighted by molar-refractivity contribution is 14.1. The van der Waals surface area contributed by atoms with E-state index < -0.39 is 11.6 Å². The number of carbonyl (C=O) groups is 1. The van der Waals surface area contributed by atoms with E-state index in [1.807, 2.05) is 0 Å². The van der Waals surface area contributed by atoms with Gasteiger partial charge in [-0.2, -0.15) is 0 Å². The highest BCUT2D eigenvalue weighted by Gasteiger charge is 2.22. The van der Waals surface area contributed by atoms with Crippen LogP contribution in [-0.2, 0) is 4.79 Å². The van der Waals surface area contributed by atoms with Crippen molar-refractivity contribution in [1.29, 1.82) is 0 Å². The van der Waals surface area contributed by atoms with Crippen molar-refractivity contribution in [3.8, 4) is 0 Å². The second kappa shape index (κ2) is 5.49. The standard InChI is InChI=1S/C10H9F2IN2OS/c11-6-1-5(2-7(12)9(6)13)15-10(16)8-3-17-4-14-8/h1-2,8,14H,3-4H2,(H,15,16). The summed E-state index contributed by atoms with van der Waals surface area (Å²) in [4.78, 5) is 11.7. The molecule has 92 valence electrons. The van der Waals surface area contributed by atoms with Gasteiger partial charge in [0.15, 0.2) is 0 Å². The average molecular weight is 370 g/mol. The van der Waals surface area contributed by atoms with Gasteiger partial charge in [0.25, 0.3) is 0 Å². The number of anilines is 1. The van der Waals surface area contributed by atoms with Crippen molar-refractivity contribution in [3.05, 3.63) is 27.3 Å². The molecule has 1 aliphatic rings. The molecule has 17 heavy (non-hydrogen) atoms. The highest BCUT2D eigenvalue weighted by Crippen LogP contribution is 2.21. The van der Waals surface area contributed by atoms with E-state index in [9.17, 15) is 13.6 Å². The van der Waals surface area contributed by atoms with Gasteiger partial charge in [-0.05, 0) is 34.7 Å². The van der Waals surface area contributed by atoms with Gasteiger partial charge in [-0.3, -0.25) is 10.1 Å². The normalized spacial score (nSPS) is 19.4. The predicted molar refractivity (Wildman–Crippen MR) is 72.0 cm³/mol. The Hall–Kier alpha value is -0.410. The maximum absolute atomic E-state index is 13.2. The number of amides is 1. The van der Waals surface area contributed by atoms with Crippen molar-refractivity contribution >= 4 is 45.9 Å². The SMILES string of the molecule is O=C(Nc1cc(F)c(I)c(F)c1)C1CSCN1. The lowest BCUT2D eigenvalue weighted by Crippen LogP contribution is -2.37. The van der Waals surface area contributed by atoms with Crippen molar-refractivity contribution < 1.29 is 13.6 Å². The fourth-order valence-corrected chi connectivity index (χ4v) is 2.67. The van der Waals surface area contributed by atoms with Gasteiger partial charge in [0.2, 0.25) is 5.91 Å². The van der Waals surface area contributed by atoms with Gasteiger partial charge in [-0.25, -0.2) is 8.78 Å². The molecule has 1 amide bonds. The van der Waals surface area contributed by atoms with Crippen LogP contribution in [-0.4, -0.2) is 23.6 Å². The largest absolute Gasteiger partial charge is 0.324 e. The maximum atomic E-state index is 13.2. The lowest BCUT2D eigenvalue weighted by Gasteiger charge is -2.11. The van der Waals surface area contributed by atoms with Gasteiger partial charge in [-0.15, -0.1) is 11.8 Å². The zero-order valence-electron chi connectivity index (χ0n) is 8.60. The second-order valence-electron chi connectivity index (χ2n) is 3.51. The number of thioether (sulfide) groups is 1. The van der Waals surface area contributed by atoms with E-state index in [-0.39, 0.29) is 21.2 Å². The molecule has 1 fully saturated rings. The number of hydrogen-bond acceptors (Lipinski definition) is 3. The maximum Gasteiger partial charge on any atom is 0.242 e. The van der Waals surface area contributed by atoms with Crippen LogP contribution >= 0.6 is 34.4 Å². The number of hydrogen-bond donors (Lipinski definition) is 2. The lowest BCUT2D eigenvalue weighted by atomic mass is 10.2. The summed E-state index contributed by atoms with van der Waals surface area (Å²) in [6, 6.07) is 1.93. The third kappa shape index (κ3) is 3.08. The molecule has 7 heteroatoms. The average Bonchev–Trinajstić information content (AvgIpc) is 2.79. The molecule has 3 nitrogen and oxygen atoms in total. The Bertz CT molecular complexity index is 429. The van der Waals surface area contributed by atoms with Crippen LogP contribution in [0.4, 0.5) is 14.5 Å². The van der Waals surface area contributed by atoms with Crippen molar-refractivity contribution in [2.24, 2.45) is 0 Å². The van der Waals surface area contributed by atoms with Crippen LogP contribution in [0.25, 0.3) is 0 Å². The molecule has 0 spiro atoms. The molecule has 2 rings (SSSR count). The fourth-order valence-electron chi connectivity index (χ4n) is 1.42. The summed E-state index contributed by atoms with van der Waals surface area (Å²) in [7, 11) is 0. The van der Waals surface area contributed by atoms with Crippen molar-refractivity contribution in [3.63, 3.8) is 0 Å². The van der Waals surface area contributed by atoms with Crippen LogP contribution in [0, 0.1) is 15.2 Å². The molecule has 1 saturated heterocycles. The molecule has 1 aromatic rings. The number of benzene rings is 1. The van der Waals surface area contributed by atoms with Crippen molar-refractivity contribution in [2.75, 3.05) is 16.9 Å². The van der Waals surface area contributed by atoms with Crippen LogP contribution < -0.4 is 10.6 Å². The first-order chi connectivity index (χ1) is 8.08. The Balaban J connectivity index is 2.10. The van der Waals surface area contributed by atoms with Crippen LogP contribution in [0.5, 0.6) is 0 Å².